The van der Waals surface area contributed by atoms with E-state index in [1.165, 1.54) is 5.56 Å². The number of carboxylic acids is 1. The minimum absolute atomic E-state index is 0.0955. The highest BCUT2D eigenvalue weighted by Crippen LogP contribution is 2.40. The van der Waals surface area contributed by atoms with Crippen molar-refractivity contribution in [3.63, 3.8) is 0 Å². The van der Waals surface area contributed by atoms with Gasteiger partial charge in [0.05, 0.1) is 19.8 Å². The maximum atomic E-state index is 11.8. The summed E-state index contributed by atoms with van der Waals surface area (Å²) in [6.07, 6.45) is 1.58. The smallest absolute Gasteiger partial charge is 0.320 e. The second-order valence-electron chi connectivity index (χ2n) is 6.51. The molecule has 3 rings (SSSR count). The first-order valence-corrected chi connectivity index (χ1v) is 9.77. The minimum Gasteiger partial charge on any atom is -0.493 e. The summed E-state index contributed by atoms with van der Waals surface area (Å²) in [7, 11) is 1.63. The third-order valence-corrected chi connectivity index (χ3v) is 5.84. The maximum Gasteiger partial charge on any atom is 0.320 e. The van der Waals surface area contributed by atoms with Crippen LogP contribution in [0.2, 0.25) is 0 Å². The number of carboxylic acid groups (broad SMARTS) is 1. The van der Waals surface area contributed by atoms with Gasteiger partial charge in [0.25, 0.3) is 0 Å². The molecule has 1 aromatic carbocycles. The monoisotopic (exact) mass is 375 g/mol. The molecule has 0 spiro atoms. The number of hydrogen-bond acceptors (Lipinski definition) is 5. The van der Waals surface area contributed by atoms with Crippen LogP contribution >= 0.6 is 11.3 Å². The van der Waals surface area contributed by atoms with E-state index in [2.05, 4.69) is 23.3 Å². The molecule has 2 unspecified atom stereocenters. The maximum absolute atomic E-state index is 11.8. The van der Waals surface area contributed by atoms with E-state index < -0.39 is 12.0 Å². The van der Waals surface area contributed by atoms with Gasteiger partial charge in [-0.05, 0) is 61.4 Å². The molecule has 140 valence electrons. The molecule has 26 heavy (non-hydrogen) atoms. The first kappa shape index (κ1) is 18.7. The van der Waals surface area contributed by atoms with Gasteiger partial charge in [0.15, 0.2) is 11.5 Å². The lowest BCUT2D eigenvalue weighted by molar-refractivity contribution is -0.142. The third-order valence-electron chi connectivity index (χ3n) is 4.73. The number of methoxy groups -OCH3 is 1. The number of ether oxygens (including phenoxy) is 2. The predicted molar refractivity (Wildman–Crippen MR) is 102 cm³/mol. The number of nitrogens with zero attached hydrogens (tertiary/aromatic N) is 1. The first-order chi connectivity index (χ1) is 12.5. The molecule has 1 fully saturated rings. The van der Waals surface area contributed by atoms with Crippen molar-refractivity contribution in [3.05, 3.63) is 45.6 Å². The van der Waals surface area contributed by atoms with Crippen molar-refractivity contribution in [3.8, 4) is 11.5 Å². The number of carbonyl (C=O) groups is 1. The van der Waals surface area contributed by atoms with Gasteiger partial charge in [-0.25, -0.2) is 0 Å². The fourth-order valence-corrected chi connectivity index (χ4v) is 4.65. The number of aliphatic carboxylic acids is 1. The van der Waals surface area contributed by atoms with Crippen molar-refractivity contribution in [1.29, 1.82) is 0 Å². The van der Waals surface area contributed by atoms with Crippen molar-refractivity contribution in [2.24, 2.45) is 0 Å². The Kier molecular flexibility index (Phi) is 5.84. The average Bonchev–Trinajstić information content (AvgIpc) is 3.26. The lowest BCUT2D eigenvalue weighted by Crippen LogP contribution is -2.39. The van der Waals surface area contributed by atoms with E-state index in [1.54, 1.807) is 18.4 Å². The normalized spacial score (nSPS) is 18.7. The van der Waals surface area contributed by atoms with Gasteiger partial charge in [-0.1, -0.05) is 6.07 Å². The Morgan fingerprint density at radius 1 is 1.38 bits per heavy atom. The number of thiophene rings is 1. The summed E-state index contributed by atoms with van der Waals surface area (Å²) < 4.78 is 11.1. The summed E-state index contributed by atoms with van der Waals surface area (Å²) in [5.74, 6) is 0.628. The van der Waals surface area contributed by atoms with Crippen LogP contribution < -0.4 is 9.47 Å². The van der Waals surface area contributed by atoms with E-state index in [1.807, 2.05) is 25.1 Å². The molecule has 1 aliphatic heterocycles. The fourth-order valence-electron chi connectivity index (χ4n) is 3.61. The molecule has 2 aromatic rings. The van der Waals surface area contributed by atoms with Crippen molar-refractivity contribution >= 4 is 17.3 Å². The molecule has 0 aliphatic carbocycles. The number of aryl methyl sites for hydroxylation is 1. The van der Waals surface area contributed by atoms with Crippen molar-refractivity contribution < 1.29 is 19.4 Å². The second-order valence-corrected chi connectivity index (χ2v) is 7.45. The van der Waals surface area contributed by atoms with Crippen LogP contribution in [0.4, 0.5) is 0 Å². The van der Waals surface area contributed by atoms with E-state index in [9.17, 15) is 9.90 Å². The van der Waals surface area contributed by atoms with Crippen LogP contribution in [-0.2, 0) is 4.79 Å². The van der Waals surface area contributed by atoms with Crippen LogP contribution in [-0.4, -0.2) is 42.3 Å². The average molecular weight is 375 g/mol. The molecule has 1 saturated heterocycles. The largest absolute Gasteiger partial charge is 0.493 e. The van der Waals surface area contributed by atoms with Gasteiger partial charge in [0.1, 0.15) is 6.04 Å². The summed E-state index contributed by atoms with van der Waals surface area (Å²) in [6.45, 7) is 5.34. The SMILES string of the molecule is CCOc1ccc(C(c2cc(C)cs2)N2CCCC2C(=O)O)cc1OC. The lowest BCUT2D eigenvalue weighted by atomic mass is 10.0. The molecule has 1 aromatic heterocycles. The molecule has 6 heteroatoms. The summed E-state index contributed by atoms with van der Waals surface area (Å²) in [4.78, 5) is 15.0. The van der Waals surface area contributed by atoms with Crippen molar-refractivity contribution in [2.75, 3.05) is 20.3 Å². The molecule has 2 atom stereocenters. The zero-order valence-electron chi connectivity index (χ0n) is 15.4. The quantitative estimate of drug-likeness (QED) is 0.789. The van der Waals surface area contributed by atoms with Gasteiger partial charge >= 0.3 is 5.97 Å². The predicted octanol–water partition coefficient (Wildman–Crippen LogP) is 4.10. The number of rotatable bonds is 7. The molecular weight excluding hydrogens is 350 g/mol. The van der Waals surface area contributed by atoms with Crippen LogP contribution in [0, 0.1) is 6.92 Å². The molecule has 0 radical (unpaired) electrons. The highest BCUT2D eigenvalue weighted by Gasteiger charge is 2.37. The summed E-state index contributed by atoms with van der Waals surface area (Å²) in [5, 5.41) is 11.8. The van der Waals surface area contributed by atoms with Crippen LogP contribution in [0.1, 0.15) is 41.8 Å². The Balaban J connectivity index is 2.05. The first-order valence-electron chi connectivity index (χ1n) is 8.89. The Morgan fingerprint density at radius 3 is 2.81 bits per heavy atom. The van der Waals surface area contributed by atoms with Gasteiger partial charge < -0.3 is 14.6 Å². The molecule has 5 nitrogen and oxygen atoms in total. The number of hydrogen-bond donors (Lipinski definition) is 1. The Bertz CT molecular complexity index is 773. The van der Waals surface area contributed by atoms with Gasteiger partial charge in [0.2, 0.25) is 0 Å². The summed E-state index contributed by atoms with van der Waals surface area (Å²) in [6, 6.07) is 7.50. The van der Waals surface area contributed by atoms with Gasteiger partial charge in [-0.15, -0.1) is 11.3 Å². The molecule has 0 saturated carbocycles. The van der Waals surface area contributed by atoms with Gasteiger partial charge in [-0.3, -0.25) is 9.69 Å². The number of likely N-dealkylation sites (tertiary alicyclic amines) is 1. The van der Waals surface area contributed by atoms with Crippen LogP contribution in [0.25, 0.3) is 0 Å². The fraction of sp³-hybridized carbons (Fsp3) is 0.450. The van der Waals surface area contributed by atoms with E-state index >= 15 is 0 Å². The van der Waals surface area contributed by atoms with Crippen LogP contribution in [0.15, 0.2) is 29.6 Å². The van der Waals surface area contributed by atoms with Gasteiger partial charge in [0, 0.05) is 11.4 Å². The zero-order chi connectivity index (χ0) is 18.7. The molecule has 1 N–H and O–H groups in total. The summed E-state index contributed by atoms with van der Waals surface area (Å²) in [5.41, 5.74) is 2.22. The Morgan fingerprint density at radius 2 is 2.19 bits per heavy atom. The minimum atomic E-state index is -0.751. The highest BCUT2D eigenvalue weighted by molar-refractivity contribution is 7.10. The van der Waals surface area contributed by atoms with Crippen molar-refractivity contribution in [2.45, 2.75) is 38.8 Å². The molecule has 0 bridgehead atoms. The zero-order valence-corrected chi connectivity index (χ0v) is 16.2. The van der Waals surface area contributed by atoms with E-state index in [0.717, 1.165) is 23.4 Å². The van der Waals surface area contributed by atoms with Crippen LogP contribution in [0.5, 0.6) is 11.5 Å². The van der Waals surface area contributed by atoms with E-state index in [-0.39, 0.29) is 6.04 Å². The summed E-state index contributed by atoms with van der Waals surface area (Å²) >= 11 is 1.67. The third kappa shape index (κ3) is 3.71. The topological polar surface area (TPSA) is 59.0 Å². The van der Waals surface area contributed by atoms with Crippen molar-refractivity contribution in [1.82, 2.24) is 4.90 Å². The number of benzene rings is 1. The second kappa shape index (κ2) is 8.10. The molecule has 0 amide bonds. The Hall–Kier alpha value is -2.05. The molecule has 2 heterocycles. The Labute approximate surface area is 158 Å². The standard InChI is InChI=1S/C20H25NO4S/c1-4-25-16-8-7-14(11-17(16)24-3)19(18-10-13(2)12-26-18)21-9-5-6-15(21)20(22)23/h7-8,10-12,15,19H,4-6,9H2,1-3H3,(H,22,23). The van der Waals surface area contributed by atoms with Gasteiger partial charge in [-0.2, -0.15) is 0 Å². The van der Waals surface area contributed by atoms with Crippen LogP contribution in [0.3, 0.4) is 0 Å². The molecular formula is C20H25NO4S. The lowest BCUT2D eigenvalue weighted by Gasteiger charge is -2.31. The molecule has 1 aliphatic rings. The van der Waals surface area contributed by atoms with E-state index in [0.29, 0.717) is 24.5 Å². The van der Waals surface area contributed by atoms with E-state index in [4.69, 9.17) is 9.47 Å². The highest BCUT2D eigenvalue weighted by atomic mass is 32.1.